The van der Waals surface area contributed by atoms with Crippen LogP contribution in [0.3, 0.4) is 0 Å². The highest BCUT2D eigenvalue weighted by Crippen LogP contribution is 2.36. The molecule has 1 unspecified atom stereocenters. The van der Waals surface area contributed by atoms with Gasteiger partial charge in [-0.3, -0.25) is 4.79 Å². The largest absolute Gasteiger partial charge is 0.454 e. The van der Waals surface area contributed by atoms with Crippen molar-refractivity contribution in [3.05, 3.63) is 29.3 Å². The second kappa shape index (κ2) is 5.58. The van der Waals surface area contributed by atoms with Gasteiger partial charge in [0.2, 0.25) is 6.79 Å². The minimum Gasteiger partial charge on any atom is -0.454 e. The zero-order chi connectivity index (χ0) is 14.9. The lowest BCUT2D eigenvalue weighted by molar-refractivity contribution is 0.0944. The highest BCUT2D eigenvalue weighted by molar-refractivity contribution is 7.16. The van der Waals surface area contributed by atoms with Gasteiger partial charge in [-0.1, -0.05) is 0 Å². The molecule has 22 heavy (non-hydrogen) atoms. The first kappa shape index (κ1) is 13.5. The number of benzene rings is 1. The molecule has 2 N–H and O–H groups in total. The van der Waals surface area contributed by atoms with Crippen LogP contribution in [-0.4, -0.2) is 36.8 Å². The van der Waals surface area contributed by atoms with Crippen molar-refractivity contribution in [2.45, 2.75) is 12.5 Å². The molecule has 0 bridgehead atoms. The Morgan fingerprint density at radius 3 is 3.14 bits per heavy atom. The highest BCUT2D eigenvalue weighted by Gasteiger charge is 2.20. The summed E-state index contributed by atoms with van der Waals surface area (Å²) in [5.41, 5.74) is 0.927. The Balaban J connectivity index is 1.52. The number of amides is 1. The number of rotatable bonds is 3. The quantitative estimate of drug-likeness (QED) is 0.900. The van der Waals surface area contributed by atoms with Crippen molar-refractivity contribution < 1.29 is 14.3 Å². The van der Waals surface area contributed by atoms with Crippen molar-refractivity contribution in [1.82, 2.24) is 15.6 Å². The van der Waals surface area contributed by atoms with Crippen LogP contribution < -0.4 is 20.1 Å². The van der Waals surface area contributed by atoms with Gasteiger partial charge in [0, 0.05) is 18.2 Å². The van der Waals surface area contributed by atoms with E-state index in [0.717, 1.165) is 41.6 Å². The number of nitrogens with one attached hydrogen (secondary N) is 2. The summed E-state index contributed by atoms with van der Waals surface area (Å²) in [6, 6.07) is 5.89. The standard InChI is InChI=1S/C15H15N3O3S/c19-14(18-10-3-4-16-6-10)13-7-17-15(22-13)9-1-2-11-12(5-9)21-8-20-11/h1-2,5,7,10,16H,3-4,6,8H2,(H,18,19). The molecule has 1 fully saturated rings. The summed E-state index contributed by atoms with van der Waals surface area (Å²) in [5.74, 6) is 1.40. The van der Waals surface area contributed by atoms with E-state index in [2.05, 4.69) is 15.6 Å². The third-order valence-corrected chi connectivity index (χ3v) is 4.79. The fourth-order valence-electron chi connectivity index (χ4n) is 2.58. The number of ether oxygens (including phenoxy) is 2. The maximum Gasteiger partial charge on any atom is 0.263 e. The third-order valence-electron chi connectivity index (χ3n) is 3.74. The van der Waals surface area contributed by atoms with Gasteiger partial charge in [0.25, 0.3) is 5.91 Å². The van der Waals surface area contributed by atoms with Crippen molar-refractivity contribution >= 4 is 17.2 Å². The molecule has 0 spiro atoms. The predicted octanol–water partition coefficient (Wildman–Crippen LogP) is 1.63. The van der Waals surface area contributed by atoms with Crippen molar-refractivity contribution in [1.29, 1.82) is 0 Å². The SMILES string of the molecule is O=C(NC1CCNC1)c1cnc(-c2ccc3c(c2)OCO3)s1. The van der Waals surface area contributed by atoms with Crippen LogP contribution >= 0.6 is 11.3 Å². The Bertz CT molecular complexity index is 710. The van der Waals surface area contributed by atoms with Gasteiger partial charge in [0.1, 0.15) is 9.88 Å². The lowest BCUT2D eigenvalue weighted by Crippen LogP contribution is -2.35. The van der Waals surface area contributed by atoms with Crippen LogP contribution in [-0.2, 0) is 0 Å². The summed E-state index contributed by atoms with van der Waals surface area (Å²) in [6.07, 6.45) is 2.60. The fourth-order valence-corrected chi connectivity index (χ4v) is 3.39. The Kier molecular flexibility index (Phi) is 3.44. The monoisotopic (exact) mass is 317 g/mol. The first-order chi connectivity index (χ1) is 10.8. The minimum atomic E-state index is -0.0572. The Hall–Kier alpha value is -2.12. The highest BCUT2D eigenvalue weighted by atomic mass is 32.1. The summed E-state index contributed by atoms with van der Waals surface area (Å²) in [4.78, 5) is 17.2. The predicted molar refractivity (Wildman–Crippen MR) is 82.4 cm³/mol. The van der Waals surface area contributed by atoms with E-state index in [9.17, 15) is 4.79 Å². The summed E-state index contributed by atoms with van der Waals surface area (Å²) in [7, 11) is 0. The van der Waals surface area contributed by atoms with Crippen LogP contribution in [0.2, 0.25) is 0 Å². The summed E-state index contributed by atoms with van der Waals surface area (Å²) in [6.45, 7) is 2.04. The molecular formula is C15H15N3O3S. The smallest absolute Gasteiger partial charge is 0.263 e. The number of carbonyl (C=O) groups excluding carboxylic acids is 1. The number of carbonyl (C=O) groups is 1. The van der Waals surface area contributed by atoms with E-state index in [4.69, 9.17) is 9.47 Å². The van der Waals surface area contributed by atoms with Gasteiger partial charge in [-0.05, 0) is 31.2 Å². The molecule has 114 valence electrons. The first-order valence-electron chi connectivity index (χ1n) is 7.17. The van der Waals surface area contributed by atoms with Crippen LogP contribution in [0.5, 0.6) is 11.5 Å². The zero-order valence-electron chi connectivity index (χ0n) is 11.8. The van der Waals surface area contributed by atoms with Gasteiger partial charge in [0.05, 0.1) is 6.20 Å². The molecule has 0 saturated carbocycles. The van der Waals surface area contributed by atoms with Crippen LogP contribution in [0.15, 0.2) is 24.4 Å². The molecule has 1 atom stereocenters. The van der Waals surface area contributed by atoms with Crippen LogP contribution in [0.1, 0.15) is 16.1 Å². The van der Waals surface area contributed by atoms with E-state index in [1.807, 2.05) is 18.2 Å². The molecule has 0 aliphatic carbocycles. The number of nitrogens with zero attached hydrogens (tertiary/aromatic N) is 1. The van der Waals surface area contributed by atoms with Gasteiger partial charge in [-0.15, -0.1) is 11.3 Å². The molecule has 6 nitrogen and oxygen atoms in total. The maximum absolute atomic E-state index is 12.2. The van der Waals surface area contributed by atoms with E-state index < -0.39 is 0 Å². The normalized spacial score (nSPS) is 19.4. The van der Waals surface area contributed by atoms with Crippen LogP contribution in [0, 0.1) is 0 Å². The number of fused-ring (bicyclic) bond motifs is 1. The van der Waals surface area contributed by atoms with Gasteiger partial charge < -0.3 is 20.1 Å². The Labute approximate surface area is 131 Å². The molecule has 1 aromatic carbocycles. The molecule has 2 aliphatic heterocycles. The van der Waals surface area contributed by atoms with E-state index in [0.29, 0.717) is 4.88 Å². The lowest BCUT2D eigenvalue weighted by atomic mass is 10.2. The van der Waals surface area contributed by atoms with Crippen molar-refractivity contribution in [3.63, 3.8) is 0 Å². The van der Waals surface area contributed by atoms with Gasteiger partial charge in [0.15, 0.2) is 11.5 Å². The van der Waals surface area contributed by atoms with Gasteiger partial charge in [-0.2, -0.15) is 0 Å². The molecule has 4 rings (SSSR count). The average Bonchev–Trinajstić information content (AvgIpc) is 3.27. The Morgan fingerprint density at radius 2 is 2.27 bits per heavy atom. The van der Waals surface area contributed by atoms with Gasteiger partial charge in [-0.25, -0.2) is 4.98 Å². The summed E-state index contributed by atoms with van der Waals surface area (Å²) < 4.78 is 10.7. The zero-order valence-corrected chi connectivity index (χ0v) is 12.6. The molecule has 3 heterocycles. The molecule has 0 radical (unpaired) electrons. The summed E-state index contributed by atoms with van der Waals surface area (Å²) >= 11 is 1.38. The second-order valence-electron chi connectivity index (χ2n) is 5.26. The first-order valence-corrected chi connectivity index (χ1v) is 7.99. The number of hydrogen-bond acceptors (Lipinski definition) is 6. The molecule has 7 heteroatoms. The fraction of sp³-hybridized carbons (Fsp3) is 0.333. The summed E-state index contributed by atoms with van der Waals surface area (Å²) in [5, 5.41) is 7.06. The lowest BCUT2D eigenvalue weighted by Gasteiger charge is -2.09. The molecule has 1 saturated heterocycles. The van der Waals surface area contributed by atoms with Gasteiger partial charge >= 0.3 is 0 Å². The van der Waals surface area contributed by atoms with E-state index in [-0.39, 0.29) is 18.7 Å². The molecular weight excluding hydrogens is 302 g/mol. The van der Waals surface area contributed by atoms with Crippen LogP contribution in [0.4, 0.5) is 0 Å². The van der Waals surface area contributed by atoms with Crippen LogP contribution in [0.25, 0.3) is 10.6 Å². The molecule has 2 aliphatic rings. The minimum absolute atomic E-state index is 0.0572. The van der Waals surface area contributed by atoms with Crippen molar-refractivity contribution in [2.24, 2.45) is 0 Å². The topological polar surface area (TPSA) is 72.5 Å². The third kappa shape index (κ3) is 2.53. The van der Waals surface area contributed by atoms with E-state index in [1.54, 1.807) is 6.20 Å². The molecule has 1 amide bonds. The van der Waals surface area contributed by atoms with Crippen molar-refractivity contribution in [2.75, 3.05) is 19.9 Å². The average molecular weight is 317 g/mol. The number of aromatic nitrogens is 1. The number of hydrogen-bond donors (Lipinski definition) is 2. The number of thiazole rings is 1. The maximum atomic E-state index is 12.2. The second-order valence-corrected chi connectivity index (χ2v) is 6.29. The molecule has 2 aromatic rings. The van der Waals surface area contributed by atoms with E-state index >= 15 is 0 Å². The van der Waals surface area contributed by atoms with E-state index in [1.165, 1.54) is 11.3 Å². The molecule has 1 aromatic heterocycles. The van der Waals surface area contributed by atoms with Crippen molar-refractivity contribution in [3.8, 4) is 22.1 Å². The Morgan fingerprint density at radius 1 is 1.36 bits per heavy atom.